The van der Waals surface area contributed by atoms with E-state index in [1.807, 2.05) is 36.5 Å². The van der Waals surface area contributed by atoms with Gasteiger partial charge in [0, 0.05) is 44.7 Å². The largest absolute Gasteiger partial charge is 0.288 e. The summed E-state index contributed by atoms with van der Waals surface area (Å²) in [6.07, 6.45) is 1.74. The molecule has 6 nitrogen and oxygen atoms in total. The molecule has 3 heterocycles. The summed E-state index contributed by atoms with van der Waals surface area (Å²) in [7, 11) is 0. The van der Waals surface area contributed by atoms with Crippen LogP contribution in [0.4, 0.5) is 17.1 Å². The Hall–Kier alpha value is -7.51. The molecular weight excluding hydrogens is 721 g/mol. The van der Waals surface area contributed by atoms with Crippen molar-refractivity contribution in [2.45, 2.75) is 12.3 Å². The first-order chi connectivity index (χ1) is 29.2. The van der Waals surface area contributed by atoms with Crippen molar-refractivity contribution in [1.29, 1.82) is 0 Å². The smallest absolute Gasteiger partial charge is 0.235 e. The molecule has 59 heavy (non-hydrogen) atoms. The number of aromatic nitrogens is 1. The Morgan fingerprint density at radius 3 is 1.63 bits per heavy atom. The van der Waals surface area contributed by atoms with Gasteiger partial charge in [-0.1, -0.05) is 158 Å². The first kappa shape index (κ1) is 34.7. The number of hydrogen-bond donors (Lipinski definition) is 2. The quantitative estimate of drug-likeness (QED) is 0.125. The van der Waals surface area contributed by atoms with E-state index in [1.165, 1.54) is 44.4 Å². The summed E-state index contributed by atoms with van der Waals surface area (Å²) in [5, 5.41) is 8.18. The average Bonchev–Trinajstić information content (AvgIpc) is 3.74. The number of pyridine rings is 1. The van der Waals surface area contributed by atoms with E-state index in [0.717, 1.165) is 50.5 Å². The van der Waals surface area contributed by atoms with Crippen molar-refractivity contribution in [2.75, 3.05) is 4.90 Å². The van der Waals surface area contributed by atoms with Gasteiger partial charge in [0.05, 0.1) is 11.1 Å². The molecule has 8 aromatic carbocycles. The van der Waals surface area contributed by atoms with E-state index in [9.17, 15) is 0 Å². The minimum Gasteiger partial charge on any atom is -0.288 e. The van der Waals surface area contributed by atoms with Gasteiger partial charge in [0.25, 0.3) is 0 Å². The molecule has 2 aliphatic rings. The maximum Gasteiger partial charge on any atom is 0.235 e. The monoisotopic (exact) mass is 760 g/mol. The molecule has 0 saturated carbocycles. The summed E-state index contributed by atoms with van der Waals surface area (Å²) >= 11 is 0. The van der Waals surface area contributed by atoms with Crippen LogP contribution in [0.1, 0.15) is 34.6 Å². The van der Waals surface area contributed by atoms with Gasteiger partial charge in [-0.25, -0.2) is 4.99 Å². The number of benzene rings is 8. The highest BCUT2D eigenvalue weighted by Gasteiger charge is 2.39. The number of anilines is 2. The molecule has 11 rings (SSSR count). The van der Waals surface area contributed by atoms with E-state index in [1.54, 1.807) is 0 Å². The summed E-state index contributed by atoms with van der Waals surface area (Å²) in [6, 6.07) is 71.0. The molecule has 4 N–H and O–H groups in total. The molecule has 0 spiro atoms. The van der Waals surface area contributed by atoms with Crippen LogP contribution in [0.25, 0.3) is 43.9 Å². The molecule has 0 fully saturated rings. The number of para-hydroxylation sites is 1. The summed E-state index contributed by atoms with van der Waals surface area (Å²) in [5.41, 5.74) is 13.8. The topological polar surface area (TPSA) is 74.1 Å². The second-order valence-corrected chi connectivity index (χ2v) is 15.1. The molecule has 1 aromatic heterocycles. The lowest BCUT2D eigenvalue weighted by Gasteiger charge is -2.25. The van der Waals surface area contributed by atoms with Gasteiger partial charge in [-0.3, -0.25) is 20.5 Å². The van der Waals surface area contributed by atoms with Crippen LogP contribution in [-0.4, -0.2) is 16.7 Å². The molecule has 0 bridgehead atoms. The molecule has 280 valence electrons. The fraction of sp³-hybridized carbons (Fsp3) is 0.0377. The van der Waals surface area contributed by atoms with Crippen LogP contribution in [-0.2, 0) is 0 Å². The number of fused-ring (bicyclic) bond motifs is 6. The first-order valence-electron chi connectivity index (χ1n) is 20.2. The third-order valence-corrected chi connectivity index (χ3v) is 11.6. The van der Waals surface area contributed by atoms with Crippen LogP contribution in [0.15, 0.2) is 216 Å². The van der Waals surface area contributed by atoms with Crippen molar-refractivity contribution in [3.05, 3.63) is 229 Å². The second kappa shape index (κ2) is 14.8. The van der Waals surface area contributed by atoms with E-state index >= 15 is 0 Å². The zero-order valence-electron chi connectivity index (χ0n) is 32.2. The molecular formula is C53H40N6+2. The van der Waals surface area contributed by atoms with Crippen LogP contribution in [0.3, 0.4) is 0 Å². The highest BCUT2D eigenvalue weighted by molar-refractivity contribution is 6.18. The van der Waals surface area contributed by atoms with Crippen LogP contribution in [0, 0.1) is 0 Å². The van der Waals surface area contributed by atoms with Crippen molar-refractivity contribution in [3.63, 3.8) is 0 Å². The standard InChI is InChI=1S/C53H38N6/c1-4-13-35(14-5-1)36-22-28-40(29-23-36)51-56-50(39-15-6-2-7-16-39)57-52(58-51)41-30-24-37(25-31-41)38-26-32-42(33-27-38)53-55-48-45-20-11-10-19-44(45)47-46(21-12-34-54-47)49(48)59(53)43-17-8-3-9-18-43/h1-34,52-53,55H,(H,56,57,58)/p+2. The normalized spacial score (nSPS) is 16.2. The van der Waals surface area contributed by atoms with Gasteiger partial charge >= 0.3 is 0 Å². The molecule has 9 aromatic rings. The summed E-state index contributed by atoms with van der Waals surface area (Å²) in [4.78, 5) is 17.6. The maximum atomic E-state index is 5.17. The fourth-order valence-electron chi connectivity index (χ4n) is 8.70. The Bertz CT molecular complexity index is 3020. The van der Waals surface area contributed by atoms with Gasteiger partial charge in [-0.2, -0.15) is 4.99 Å². The van der Waals surface area contributed by atoms with Gasteiger partial charge in [0.2, 0.25) is 12.0 Å². The molecule has 0 radical (unpaired) electrons. The van der Waals surface area contributed by atoms with Crippen molar-refractivity contribution in [1.82, 2.24) is 4.98 Å². The zero-order chi connectivity index (χ0) is 39.1. The number of quaternary nitrogens is 2. The number of rotatable bonds is 7. The Balaban J connectivity index is 0.894. The Kier molecular flexibility index (Phi) is 8.69. The highest BCUT2D eigenvalue weighted by atomic mass is 15.3. The summed E-state index contributed by atoms with van der Waals surface area (Å²) in [5.74, 6) is 1.67. The lowest BCUT2D eigenvalue weighted by Crippen LogP contribution is -2.90. The molecule has 0 amide bonds. The number of nitrogens with zero attached hydrogens (tertiary/aromatic N) is 4. The molecule has 2 unspecified atom stereocenters. The molecule has 6 heteroatoms. The van der Waals surface area contributed by atoms with E-state index in [4.69, 9.17) is 15.0 Å². The van der Waals surface area contributed by atoms with Crippen LogP contribution >= 0.6 is 0 Å². The summed E-state index contributed by atoms with van der Waals surface area (Å²) < 4.78 is 0. The van der Waals surface area contributed by atoms with Gasteiger partial charge < -0.3 is 0 Å². The Morgan fingerprint density at radius 2 is 0.949 bits per heavy atom. The molecule has 2 aliphatic heterocycles. The number of nitrogens with two attached hydrogens (primary N) is 2. The molecule has 0 saturated heterocycles. The second-order valence-electron chi connectivity index (χ2n) is 15.1. The summed E-state index contributed by atoms with van der Waals surface area (Å²) in [6.45, 7) is 0. The predicted octanol–water partition coefficient (Wildman–Crippen LogP) is 10.2. The maximum absolute atomic E-state index is 5.17. The lowest BCUT2D eigenvalue weighted by atomic mass is 10.00. The third-order valence-electron chi connectivity index (χ3n) is 11.6. The van der Waals surface area contributed by atoms with Crippen LogP contribution < -0.4 is 15.5 Å². The van der Waals surface area contributed by atoms with Gasteiger partial charge in [0.1, 0.15) is 5.69 Å². The number of amidine groups is 2. The average molecular weight is 761 g/mol. The van der Waals surface area contributed by atoms with E-state index in [2.05, 4.69) is 185 Å². The number of hydrogen-bond acceptors (Lipinski definition) is 4. The van der Waals surface area contributed by atoms with Gasteiger partial charge in [-0.15, -0.1) is 0 Å². The number of aliphatic imine (C=N–C) groups is 2. The predicted molar refractivity (Wildman–Crippen MR) is 240 cm³/mol. The molecule has 2 atom stereocenters. The fourth-order valence-corrected chi connectivity index (χ4v) is 8.70. The third kappa shape index (κ3) is 6.37. The van der Waals surface area contributed by atoms with Gasteiger partial charge in [0.15, 0.2) is 17.7 Å². The van der Waals surface area contributed by atoms with E-state index < -0.39 is 0 Å². The minimum atomic E-state index is -0.172. The van der Waals surface area contributed by atoms with Crippen LogP contribution in [0.5, 0.6) is 0 Å². The van der Waals surface area contributed by atoms with E-state index in [0.29, 0.717) is 0 Å². The minimum absolute atomic E-state index is 0.0157. The SMILES string of the molecule is c1ccc(C2=NC(c3ccc(-c4ccc(C5[NH2+]c6c(c7cccnc7c7ccccc67)N5c5ccccc5)cc4)cc3)[NH2+]C(c3ccc(-c4ccccc4)cc3)=N2)cc1. The highest BCUT2D eigenvalue weighted by Crippen LogP contribution is 2.48. The van der Waals surface area contributed by atoms with Crippen molar-refractivity contribution >= 4 is 50.4 Å². The zero-order valence-corrected chi connectivity index (χ0v) is 32.2. The Labute approximate surface area is 342 Å². The van der Waals surface area contributed by atoms with Crippen molar-refractivity contribution in [3.8, 4) is 22.3 Å². The molecule has 0 aliphatic carbocycles. The lowest BCUT2D eigenvalue weighted by molar-refractivity contribution is -0.605. The van der Waals surface area contributed by atoms with Crippen LogP contribution in [0.2, 0.25) is 0 Å². The van der Waals surface area contributed by atoms with Gasteiger partial charge in [-0.05, 0) is 64.7 Å². The van der Waals surface area contributed by atoms with Crippen molar-refractivity contribution < 1.29 is 10.6 Å². The first-order valence-corrected chi connectivity index (χ1v) is 20.2. The van der Waals surface area contributed by atoms with E-state index in [-0.39, 0.29) is 12.3 Å². The Morgan fingerprint density at radius 1 is 0.424 bits per heavy atom. The van der Waals surface area contributed by atoms with Crippen molar-refractivity contribution in [2.24, 2.45) is 9.98 Å².